The van der Waals surface area contributed by atoms with Crippen molar-refractivity contribution in [2.24, 2.45) is 4.99 Å². The molecule has 5 heteroatoms. The van der Waals surface area contributed by atoms with Gasteiger partial charge in [0.1, 0.15) is 5.75 Å². The molecule has 0 saturated carbocycles. The number of carbonyl (C=O) groups is 1. The first-order valence-corrected chi connectivity index (χ1v) is 7.63. The van der Waals surface area contributed by atoms with E-state index in [-0.39, 0.29) is 12.3 Å². The maximum absolute atomic E-state index is 12.0. The Morgan fingerprint density at radius 2 is 1.62 bits per heavy atom. The highest BCUT2D eigenvalue weighted by atomic mass is 16.5. The predicted octanol–water partition coefficient (Wildman–Crippen LogP) is 2.83. The first-order valence-electron chi connectivity index (χ1n) is 7.63. The lowest BCUT2D eigenvalue weighted by Gasteiger charge is -2.19. The molecule has 0 saturated heterocycles. The second kappa shape index (κ2) is 6.74. The normalized spacial score (nSPS) is 13.1. The Hall–Kier alpha value is -2.82. The topological polar surface area (TPSA) is 57.1 Å². The summed E-state index contributed by atoms with van der Waals surface area (Å²) in [6.07, 6.45) is 0.847. The highest BCUT2D eigenvalue weighted by Gasteiger charge is 2.22. The molecule has 0 bridgehead atoms. The number of fused-ring (bicyclic) bond motifs is 1. The van der Waals surface area contributed by atoms with E-state index in [1.807, 2.05) is 36.4 Å². The van der Waals surface area contributed by atoms with Crippen molar-refractivity contribution in [3.05, 3.63) is 53.1 Å². The zero-order valence-corrected chi connectivity index (χ0v) is 14.0. The molecule has 2 aromatic rings. The van der Waals surface area contributed by atoms with Crippen LogP contribution >= 0.6 is 0 Å². The van der Waals surface area contributed by atoms with E-state index in [0.29, 0.717) is 17.9 Å². The van der Waals surface area contributed by atoms with E-state index in [9.17, 15) is 4.79 Å². The SMILES string of the molecule is COc1ccc(CC2=NC(=O)Cc3cc(OC)c(OC)cc32)cc1. The van der Waals surface area contributed by atoms with E-state index in [2.05, 4.69) is 4.99 Å². The zero-order chi connectivity index (χ0) is 17.1. The van der Waals surface area contributed by atoms with Gasteiger partial charge >= 0.3 is 0 Å². The van der Waals surface area contributed by atoms with Gasteiger partial charge < -0.3 is 14.2 Å². The van der Waals surface area contributed by atoms with Crippen LogP contribution in [-0.4, -0.2) is 32.9 Å². The van der Waals surface area contributed by atoms with E-state index >= 15 is 0 Å². The molecule has 1 aliphatic heterocycles. The lowest BCUT2D eigenvalue weighted by Crippen LogP contribution is -2.19. The van der Waals surface area contributed by atoms with Crippen LogP contribution in [-0.2, 0) is 17.6 Å². The van der Waals surface area contributed by atoms with Crippen LogP contribution in [0.15, 0.2) is 41.4 Å². The van der Waals surface area contributed by atoms with Gasteiger partial charge in [-0.25, -0.2) is 4.99 Å². The molecule has 1 heterocycles. The Morgan fingerprint density at radius 1 is 0.958 bits per heavy atom. The Kier molecular flexibility index (Phi) is 4.51. The molecule has 24 heavy (non-hydrogen) atoms. The van der Waals surface area contributed by atoms with E-state index in [0.717, 1.165) is 28.2 Å². The molecule has 0 radical (unpaired) electrons. The summed E-state index contributed by atoms with van der Waals surface area (Å²) in [4.78, 5) is 16.2. The molecule has 5 nitrogen and oxygen atoms in total. The summed E-state index contributed by atoms with van der Waals surface area (Å²) in [5.74, 6) is 1.91. The summed E-state index contributed by atoms with van der Waals surface area (Å²) >= 11 is 0. The fraction of sp³-hybridized carbons (Fsp3) is 0.263. The van der Waals surface area contributed by atoms with E-state index in [4.69, 9.17) is 14.2 Å². The lowest BCUT2D eigenvalue weighted by molar-refractivity contribution is -0.117. The third-order valence-corrected chi connectivity index (χ3v) is 4.05. The van der Waals surface area contributed by atoms with Gasteiger partial charge in [0.2, 0.25) is 5.91 Å². The fourth-order valence-corrected chi connectivity index (χ4v) is 2.82. The molecule has 0 fully saturated rings. The second-order valence-corrected chi connectivity index (χ2v) is 5.52. The Balaban J connectivity index is 1.97. The van der Waals surface area contributed by atoms with Crippen LogP contribution in [0.2, 0.25) is 0 Å². The molecule has 0 N–H and O–H groups in total. The Bertz CT molecular complexity index is 794. The van der Waals surface area contributed by atoms with Crippen LogP contribution in [0.25, 0.3) is 0 Å². The number of nitrogens with zero attached hydrogens (tertiary/aromatic N) is 1. The summed E-state index contributed by atoms with van der Waals surface area (Å²) < 4.78 is 15.9. The van der Waals surface area contributed by atoms with E-state index < -0.39 is 0 Å². The van der Waals surface area contributed by atoms with Crippen LogP contribution < -0.4 is 14.2 Å². The standard InChI is InChI=1S/C19H19NO4/c1-22-14-6-4-12(5-7-14)8-16-15-11-18(24-3)17(23-2)9-13(15)10-19(21)20-16/h4-7,9,11H,8,10H2,1-3H3. The van der Waals surface area contributed by atoms with Crippen LogP contribution in [0, 0.1) is 0 Å². The molecule has 2 aromatic carbocycles. The first kappa shape index (κ1) is 16.1. The number of aliphatic imine (C=N–C) groups is 1. The number of methoxy groups -OCH3 is 3. The van der Waals surface area contributed by atoms with Crippen molar-refractivity contribution in [1.29, 1.82) is 0 Å². The van der Waals surface area contributed by atoms with Gasteiger partial charge in [0, 0.05) is 12.0 Å². The molecule has 0 aliphatic carbocycles. The number of amides is 1. The van der Waals surface area contributed by atoms with Gasteiger partial charge in [-0.15, -0.1) is 0 Å². The highest BCUT2D eigenvalue weighted by molar-refractivity contribution is 6.12. The smallest absolute Gasteiger partial charge is 0.250 e. The number of carbonyl (C=O) groups excluding carboxylic acids is 1. The van der Waals surface area contributed by atoms with Crippen molar-refractivity contribution < 1.29 is 19.0 Å². The van der Waals surface area contributed by atoms with Gasteiger partial charge in [0.15, 0.2) is 11.5 Å². The van der Waals surface area contributed by atoms with Gasteiger partial charge in [-0.3, -0.25) is 4.79 Å². The molecule has 3 rings (SSSR count). The summed E-state index contributed by atoms with van der Waals surface area (Å²) in [6.45, 7) is 0. The molecular weight excluding hydrogens is 306 g/mol. The molecule has 0 atom stereocenters. The summed E-state index contributed by atoms with van der Waals surface area (Å²) in [5.41, 5.74) is 3.65. The van der Waals surface area contributed by atoms with Crippen LogP contribution in [0.1, 0.15) is 16.7 Å². The Morgan fingerprint density at radius 3 is 2.25 bits per heavy atom. The number of hydrogen-bond donors (Lipinski definition) is 0. The molecule has 1 aliphatic rings. The van der Waals surface area contributed by atoms with Crippen LogP contribution in [0.4, 0.5) is 0 Å². The van der Waals surface area contributed by atoms with Crippen molar-refractivity contribution in [2.75, 3.05) is 21.3 Å². The fourth-order valence-electron chi connectivity index (χ4n) is 2.82. The first-order chi connectivity index (χ1) is 11.6. The van der Waals surface area contributed by atoms with Crippen LogP contribution in [0.5, 0.6) is 17.2 Å². The van der Waals surface area contributed by atoms with Crippen molar-refractivity contribution in [3.63, 3.8) is 0 Å². The highest BCUT2D eigenvalue weighted by Crippen LogP contribution is 2.33. The largest absolute Gasteiger partial charge is 0.497 e. The predicted molar refractivity (Wildman–Crippen MR) is 91.5 cm³/mol. The van der Waals surface area contributed by atoms with Gasteiger partial charge in [0.05, 0.1) is 33.5 Å². The number of ether oxygens (including phenoxy) is 3. The Labute approximate surface area is 140 Å². The molecule has 1 amide bonds. The average molecular weight is 325 g/mol. The molecule has 124 valence electrons. The van der Waals surface area contributed by atoms with E-state index in [1.165, 1.54) is 0 Å². The summed E-state index contributed by atoms with van der Waals surface area (Å²) in [7, 11) is 4.81. The van der Waals surface area contributed by atoms with Crippen molar-refractivity contribution in [3.8, 4) is 17.2 Å². The zero-order valence-electron chi connectivity index (χ0n) is 14.0. The maximum Gasteiger partial charge on any atom is 0.250 e. The third kappa shape index (κ3) is 3.11. The minimum absolute atomic E-state index is 0.141. The summed E-state index contributed by atoms with van der Waals surface area (Å²) in [6, 6.07) is 11.5. The lowest BCUT2D eigenvalue weighted by atomic mass is 9.92. The number of hydrogen-bond acceptors (Lipinski definition) is 4. The van der Waals surface area contributed by atoms with Crippen LogP contribution in [0.3, 0.4) is 0 Å². The van der Waals surface area contributed by atoms with Gasteiger partial charge in [0.25, 0.3) is 0 Å². The van der Waals surface area contributed by atoms with Gasteiger partial charge in [-0.05, 0) is 35.4 Å². The van der Waals surface area contributed by atoms with Gasteiger partial charge in [-0.1, -0.05) is 12.1 Å². The third-order valence-electron chi connectivity index (χ3n) is 4.05. The molecule has 0 aromatic heterocycles. The van der Waals surface area contributed by atoms with Gasteiger partial charge in [-0.2, -0.15) is 0 Å². The second-order valence-electron chi connectivity index (χ2n) is 5.52. The summed E-state index contributed by atoms with van der Waals surface area (Å²) in [5, 5.41) is 0. The van der Waals surface area contributed by atoms with Crippen molar-refractivity contribution in [2.45, 2.75) is 12.8 Å². The van der Waals surface area contributed by atoms with E-state index in [1.54, 1.807) is 21.3 Å². The number of benzene rings is 2. The van der Waals surface area contributed by atoms with Crippen molar-refractivity contribution >= 4 is 11.6 Å². The molecule has 0 unspecified atom stereocenters. The minimum Gasteiger partial charge on any atom is -0.497 e. The quantitative estimate of drug-likeness (QED) is 0.848. The minimum atomic E-state index is -0.141. The average Bonchev–Trinajstić information content (AvgIpc) is 2.61. The molecule has 0 spiro atoms. The monoisotopic (exact) mass is 325 g/mol. The maximum atomic E-state index is 12.0. The number of rotatable bonds is 5. The van der Waals surface area contributed by atoms with Crippen molar-refractivity contribution in [1.82, 2.24) is 0 Å². The molecular formula is C19H19NO4.